The van der Waals surface area contributed by atoms with Crippen molar-refractivity contribution in [2.45, 2.75) is 51.3 Å². The van der Waals surface area contributed by atoms with E-state index in [2.05, 4.69) is 25.2 Å². The zero-order valence-corrected chi connectivity index (χ0v) is 23.3. The smallest absolute Gasteiger partial charge is 0.255 e. The molecule has 7 N–H and O–H groups in total. The average molecular weight is 569 g/mol. The number of ketones is 2. The molecule has 216 valence electrons. The number of carbonyl (C=O) groups is 3. The van der Waals surface area contributed by atoms with Gasteiger partial charge in [-0.05, 0) is 57.9 Å². The van der Waals surface area contributed by atoms with Crippen molar-refractivity contribution in [3.8, 4) is 16.9 Å². The van der Waals surface area contributed by atoms with Crippen LogP contribution in [-0.4, -0.2) is 49.5 Å². The number of benzene rings is 3. The number of aliphatic hydroxyl groups excluding tert-OH is 2. The third kappa shape index (κ3) is 3.95. The van der Waals surface area contributed by atoms with Crippen molar-refractivity contribution in [1.82, 2.24) is 5.32 Å². The van der Waals surface area contributed by atoms with Crippen molar-refractivity contribution in [3.05, 3.63) is 87.9 Å². The van der Waals surface area contributed by atoms with Gasteiger partial charge in [0.2, 0.25) is 5.78 Å². The molecule has 1 amide bonds. The third-order valence-corrected chi connectivity index (χ3v) is 8.95. The van der Waals surface area contributed by atoms with E-state index >= 15 is 0 Å². The summed E-state index contributed by atoms with van der Waals surface area (Å²) in [4.78, 5) is 39.0. The van der Waals surface area contributed by atoms with Crippen LogP contribution in [0.5, 0.6) is 5.75 Å². The molecule has 0 unspecified atom stereocenters. The SMILES string of the molecule is CC(C)NCc1ccc(-c2ccc(O)c3c2C[C@H]2C[C@H]4CC(O)=C(C(N)=O)C(=O)[C@@]4(O)C(O)=C2C3=O)c2ccccc12. The standard InChI is InChI=1S/C33H32N2O7/c1-15(2)35-14-16-7-8-21(20-6-4-3-5-19(16)20)22-9-10-24(36)27-23(22)12-17-11-18-13-25(37)28(32(34)41)31(40)33(18,42)30(39)26(17)29(27)38/h3-10,15,17-18,35-37,39,42H,11-14H2,1-2H3,(H2,34,41)/t17-,18+,33+/m1/s1. The highest BCUT2D eigenvalue weighted by Gasteiger charge is 2.59. The van der Waals surface area contributed by atoms with Crippen molar-refractivity contribution in [2.24, 2.45) is 17.6 Å². The van der Waals surface area contributed by atoms with Crippen LogP contribution in [0.4, 0.5) is 0 Å². The molecule has 6 rings (SSSR count). The summed E-state index contributed by atoms with van der Waals surface area (Å²) >= 11 is 0. The van der Waals surface area contributed by atoms with Crippen LogP contribution < -0.4 is 11.1 Å². The topological polar surface area (TPSA) is 170 Å². The van der Waals surface area contributed by atoms with Crippen molar-refractivity contribution < 1.29 is 34.8 Å². The number of aliphatic hydroxyl groups is 3. The van der Waals surface area contributed by atoms with E-state index in [1.54, 1.807) is 6.07 Å². The average Bonchev–Trinajstić information content (AvgIpc) is 2.93. The second-order valence-electron chi connectivity index (χ2n) is 11.7. The molecule has 0 bridgehead atoms. The highest BCUT2D eigenvalue weighted by atomic mass is 16.3. The van der Waals surface area contributed by atoms with Crippen LogP contribution in [0.15, 0.2) is 71.2 Å². The molecule has 0 fully saturated rings. The van der Waals surface area contributed by atoms with Crippen LogP contribution >= 0.6 is 0 Å². The fourth-order valence-corrected chi connectivity index (χ4v) is 6.94. The monoisotopic (exact) mass is 568 g/mol. The van der Waals surface area contributed by atoms with Gasteiger partial charge in [0, 0.05) is 30.5 Å². The normalized spacial score (nSPS) is 23.7. The van der Waals surface area contributed by atoms with E-state index in [1.807, 2.05) is 30.3 Å². The van der Waals surface area contributed by atoms with Crippen LogP contribution in [0.1, 0.15) is 48.2 Å². The van der Waals surface area contributed by atoms with E-state index in [0.717, 1.165) is 27.5 Å². The van der Waals surface area contributed by atoms with Crippen molar-refractivity contribution >= 4 is 28.2 Å². The number of hydrogen-bond donors (Lipinski definition) is 6. The quantitative estimate of drug-likeness (QED) is 0.252. The van der Waals surface area contributed by atoms with Gasteiger partial charge in [0.05, 0.1) is 5.56 Å². The number of aromatic hydroxyl groups is 1. The summed E-state index contributed by atoms with van der Waals surface area (Å²) in [5, 5.41) is 49.6. The lowest BCUT2D eigenvalue weighted by atomic mass is 9.60. The van der Waals surface area contributed by atoms with Crippen molar-refractivity contribution in [2.75, 3.05) is 0 Å². The second kappa shape index (κ2) is 9.82. The van der Waals surface area contributed by atoms with E-state index in [0.29, 0.717) is 18.2 Å². The van der Waals surface area contributed by atoms with Gasteiger partial charge < -0.3 is 31.5 Å². The molecule has 0 saturated heterocycles. The first-order chi connectivity index (χ1) is 19.9. The van der Waals surface area contributed by atoms with Gasteiger partial charge in [-0.2, -0.15) is 0 Å². The molecular formula is C33H32N2O7. The van der Waals surface area contributed by atoms with Crippen molar-refractivity contribution in [3.63, 3.8) is 0 Å². The van der Waals surface area contributed by atoms with Gasteiger partial charge in [0.15, 0.2) is 11.4 Å². The number of rotatable bonds is 5. The third-order valence-electron chi connectivity index (χ3n) is 8.95. The largest absolute Gasteiger partial charge is 0.511 e. The lowest BCUT2D eigenvalue weighted by Crippen LogP contribution is -2.57. The van der Waals surface area contributed by atoms with Gasteiger partial charge in [0.25, 0.3) is 5.91 Å². The second-order valence-corrected chi connectivity index (χ2v) is 11.7. The van der Waals surface area contributed by atoms with E-state index < -0.39 is 52.0 Å². The predicted octanol–water partition coefficient (Wildman–Crippen LogP) is 3.90. The Hall–Kier alpha value is -4.47. The highest BCUT2D eigenvalue weighted by molar-refractivity contribution is 6.24. The Labute approximate surface area is 242 Å². The number of fused-ring (bicyclic) bond motifs is 4. The Bertz CT molecular complexity index is 1770. The minimum atomic E-state index is -2.58. The molecule has 3 atom stereocenters. The Morgan fingerprint density at radius 1 is 1.00 bits per heavy atom. The number of allylic oxidation sites excluding steroid dienone is 2. The fraction of sp³-hybridized carbons (Fsp3) is 0.303. The zero-order valence-electron chi connectivity index (χ0n) is 23.3. The van der Waals surface area contributed by atoms with E-state index in [4.69, 9.17) is 5.73 Å². The van der Waals surface area contributed by atoms with Crippen LogP contribution in [0.2, 0.25) is 0 Å². The summed E-state index contributed by atoms with van der Waals surface area (Å²) in [5.41, 5.74) is 5.10. The van der Waals surface area contributed by atoms with Gasteiger partial charge in [-0.15, -0.1) is 0 Å². The Kier molecular flexibility index (Phi) is 6.47. The lowest BCUT2D eigenvalue weighted by Gasteiger charge is -2.45. The Balaban J connectivity index is 1.50. The summed E-state index contributed by atoms with van der Waals surface area (Å²) < 4.78 is 0. The highest BCUT2D eigenvalue weighted by Crippen LogP contribution is 2.52. The van der Waals surface area contributed by atoms with Crippen LogP contribution in [0.3, 0.4) is 0 Å². The summed E-state index contributed by atoms with van der Waals surface area (Å²) in [6.07, 6.45) is 0.0560. The summed E-state index contributed by atoms with van der Waals surface area (Å²) in [6.45, 7) is 4.85. The maximum absolute atomic E-state index is 14.0. The van der Waals surface area contributed by atoms with Gasteiger partial charge in [-0.3, -0.25) is 14.4 Å². The molecular weight excluding hydrogens is 536 g/mol. The Morgan fingerprint density at radius 2 is 1.69 bits per heavy atom. The number of phenolic OH excluding ortho intramolecular Hbond substituents is 1. The first-order valence-electron chi connectivity index (χ1n) is 14.0. The molecule has 0 saturated carbocycles. The molecule has 9 heteroatoms. The van der Waals surface area contributed by atoms with Gasteiger partial charge in [-0.1, -0.05) is 56.3 Å². The molecule has 0 aromatic heterocycles. The Morgan fingerprint density at radius 3 is 2.38 bits per heavy atom. The van der Waals surface area contributed by atoms with Crippen LogP contribution in [-0.2, 0) is 22.6 Å². The minimum Gasteiger partial charge on any atom is -0.511 e. The molecule has 0 spiro atoms. The number of nitrogens with two attached hydrogens (primary N) is 1. The molecule has 0 heterocycles. The molecule has 9 nitrogen and oxygen atoms in total. The molecule has 0 radical (unpaired) electrons. The predicted molar refractivity (Wildman–Crippen MR) is 156 cm³/mol. The zero-order chi connectivity index (χ0) is 30.1. The van der Waals surface area contributed by atoms with Gasteiger partial charge >= 0.3 is 0 Å². The number of primary amides is 1. The number of phenols is 1. The minimum absolute atomic E-state index is 0.00115. The van der Waals surface area contributed by atoms with E-state index in [-0.39, 0.29) is 36.1 Å². The van der Waals surface area contributed by atoms with E-state index in [1.165, 1.54) is 6.07 Å². The molecule has 3 aromatic carbocycles. The fourth-order valence-electron chi connectivity index (χ4n) is 6.94. The number of hydrogen-bond acceptors (Lipinski definition) is 8. The van der Waals surface area contributed by atoms with Crippen LogP contribution in [0, 0.1) is 11.8 Å². The summed E-state index contributed by atoms with van der Waals surface area (Å²) in [7, 11) is 0. The number of amides is 1. The molecule has 3 aromatic rings. The molecule has 0 aliphatic heterocycles. The summed E-state index contributed by atoms with van der Waals surface area (Å²) in [5.74, 6) is -6.42. The molecule has 42 heavy (non-hydrogen) atoms. The lowest BCUT2D eigenvalue weighted by molar-refractivity contribution is -0.144. The molecule has 3 aliphatic carbocycles. The number of nitrogens with one attached hydrogen (secondary N) is 1. The number of Topliss-reactive ketones (excluding diaryl/α,β-unsaturated/α-hetero) is 2. The van der Waals surface area contributed by atoms with Gasteiger partial charge in [-0.25, -0.2) is 0 Å². The maximum atomic E-state index is 14.0. The first kappa shape index (κ1) is 27.7. The first-order valence-corrected chi connectivity index (χ1v) is 14.0. The van der Waals surface area contributed by atoms with Gasteiger partial charge in [0.1, 0.15) is 22.8 Å². The van der Waals surface area contributed by atoms with Crippen LogP contribution in [0.25, 0.3) is 21.9 Å². The number of carbonyl (C=O) groups excluding carboxylic acids is 3. The maximum Gasteiger partial charge on any atom is 0.255 e. The van der Waals surface area contributed by atoms with E-state index in [9.17, 15) is 34.8 Å². The summed E-state index contributed by atoms with van der Waals surface area (Å²) in [6, 6.07) is 15.6. The molecule has 3 aliphatic rings. The van der Waals surface area contributed by atoms with Crippen molar-refractivity contribution in [1.29, 1.82) is 0 Å².